The fraction of sp³-hybridized carbons (Fsp3) is 0.559. The van der Waals surface area contributed by atoms with Crippen LogP contribution in [-0.4, -0.2) is 73.5 Å². The summed E-state index contributed by atoms with van der Waals surface area (Å²) in [6.07, 6.45) is 7.64. The second-order valence-corrected chi connectivity index (χ2v) is 14.6. The number of carbonyl (C=O) groups is 1. The SMILES string of the molecule is COCCCN(CC1(O)CCC2c3ccc(cc3C(=O)c3ccccc3)CC(O)CCC(C)=CCCC21C)S(C)(=O)=O. The van der Waals surface area contributed by atoms with E-state index in [1.54, 1.807) is 7.11 Å². The van der Waals surface area contributed by atoms with Crippen LogP contribution >= 0.6 is 0 Å². The number of hydrogen-bond donors (Lipinski definition) is 2. The number of methoxy groups -OCH3 is 1. The monoisotopic (exact) mass is 597 g/mol. The topological polar surface area (TPSA) is 104 Å². The summed E-state index contributed by atoms with van der Waals surface area (Å²) in [6.45, 7) is 4.84. The molecule has 1 fully saturated rings. The van der Waals surface area contributed by atoms with Crippen LogP contribution in [0.25, 0.3) is 0 Å². The van der Waals surface area contributed by atoms with Gasteiger partial charge in [-0.15, -0.1) is 0 Å². The summed E-state index contributed by atoms with van der Waals surface area (Å²) in [5, 5.41) is 23.3. The zero-order valence-corrected chi connectivity index (χ0v) is 26.3. The van der Waals surface area contributed by atoms with E-state index in [-0.39, 0.29) is 24.8 Å². The molecule has 0 heterocycles. The highest BCUT2D eigenvalue weighted by Gasteiger charge is 2.57. The number of hydrogen-bond acceptors (Lipinski definition) is 6. The molecule has 0 spiro atoms. The molecule has 0 saturated heterocycles. The minimum absolute atomic E-state index is 0.00249. The molecule has 0 aromatic heterocycles. The Morgan fingerprint density at radius 3 is 2.55 bits per heavy atom. The van der Waals surface area contributed by atoms with Gasteiger partial charge in [-0.25, -0.2) is 8.42 Å². The first-order valence-electron chi connectivity index (χ1n) is 15.1. The average molecular weight is 598 g/mol. The predicted octanol–water partition coefficient (Wildman–Crippen LogP) is 5.25. The zero-order valence-electron chi connectivity index (χ0n) is 25.5. The van der Waals surface area contributed by atoms with Gasteiger partial charge in [0.05, 0.1) is 18.0 Å². The summed E-state index contributed by atoms with van der Waals surface area (Å²) in [5.74, 6) is -0.249. The van der Waals surface area contributed by atoms with Crippen LogP contribution in [0.2, 0.25) is 0 Å². The normalized spacial score (nSPS) is 27.0. The Bertz CT molecular complexity index is 1370. The molecule has 3 aliphatic carbocycles. The second kappa shape index (κ2) is 13.5. The van der Waals surface area contributed by atoms with Crippen molar-refractivity contribution in [3.63, 3.8) is 0 Å². The van der Waals surface area contributed by atoms with Gasteiger partial charge in [-0.05, 0) is 81.4 Å². The Hall–Kier alpha value is -2.36. The molecular weight excluding hydrogens is 550 g/mol. The van der Waals surface area contributed by atoms with Gasteiger partial charge in [0, 0.05) is 43.3 Å². The number of rotatable bonds is 9. The van der Waals surface area contributed by atoms with Crippen molar-refractivity contribution >= 4 is 15.8 Å². The lowest BCUT2D eigenvalue weighted by molar-refractivity contribution is -0.0726. The molecule has 2 bridgehead atoms. The lowest BCUT2D eigenvalue weighted by atomic mass is 9.64. The van der Waals surface area contributed by atoms with Gasteiger partial charge in [-0.2, -0.15) is 4.31 Å². The molecule has 4 unspecified atom stereocenters. The van der Waals surface area contributed by atoms with Crippen molar-refractivity contribution in [1.82, 2.24) is 4.31 Å². The molecule has 3 aliphatic rings. The molecule has 2 N–H and O–H groups in total. The predicted molar refractivity (Wildman–Crippen MR) is 166 cm³/mol. The number of nitrogens with zero attached hydrogens (tertiary/aromatic N) is 1. The Labute approximate surface area is 251 Å². The van der Waals surface area contributed by atoms with Crippen LogP contribution in [0.3, 0.4) is 0 Å². The highest BCUT2D eigenvalue weighted by molar-refractivity contribution is 7.88. The zero-order chi connectivity index (χ0) is 30.5. The van der Waals surface area contributed by atoms with E-state index in [9.17, 15) is 23.4 Å². The largest absolute Gasteiger partial charge is 0.393 e. The summed E-state index contributed by atoms with van der Waals surface area (Å²) in [5.41, 5.74) is 2.16. The van der Waals surface area contributed by atoms with Crippen molar-refractivity contribution in [2.45, 2.75) is 82.8 Å². The van der Waals surface area contributed by atoms with Crippen LogP contribution in [0.1, 0.15) is 91.8 Å². The van der Waals surface area contributed by atoms with Gasteiger partial charge in [0.2, 0.25) is 10.0 Å². The van der Waals surface area contributed by atoms with Crippen LogP contribution in [0.15, 0.2) is 60.2 Å². The molecule has 7 nitrogen and oxygen atoms in total. The maximum atomic E-state index is 14.0. The molecule has 0 amide bonds. The first kappa shape index (κ1) is 32.6. The van der Waals surface area contributed by atoms with Gasteiger partial charge in [0.15, 0.2) is 5.78 Å². The fourth-order valence-electron chi connectivity index (χ4n) is 6.98. The van der Waals surface area contributed by atoms with Gasteiger partial charge in [0.25, 0.3) is 0 Å². The Kier molecular flexibility index (Phi) is 10.5. The summed E-state index contributed by atoms with van der Waals surface area (Å²) in [6, 6.07) is 15.1. The minimum atomic E-state index is -3.58. The summed E-state index contributed by atoms with van der Waals surface area (Å²) in [7, 11) is -1.99. The number of benzene rings is 2. The molecule has 230 valence electrons. The summed E-state index contributed by atoms with van der Waals surface area (Å²) >= 11 is 0. The third-order valence-electron chi connectivity index (χ3n) is 9.62. The quantitative estimate of drug-likeness (QED) is 0.232. The second-order valence-electron chi connectivity index (χ2n) is 12.6. The lowest BCUT2D eigenvalue weighted by Crippen LogP contribution is -2.53. The highest BCUT2D eigenvalue weighted by atomic mass is 32.2. The third-order valence-corrected chi connectivity index (χ3v) is 10.9. The van der Waals surface area contributed by atoms with Gasteiger partial charge in [0.1, 0.15) is 0 Å². The molecule has 2 aromatic rings. The number of aliphatic hydroxyl groups excluding tert-OH is 1. The van der Waals surface area contributed by atoms with Crippen LogP contribution in [0.5, 0.6) is 0 Å². The van der Waals surface area contributed by atoms with Crippen LogP contribution < -0.4 is 0 Å². The molecule has 4 atom stereocenters. The van der Waals surface area contributed by atoms with Crippen molar-refractivity contribution in [2.24, 2.45) is 5.41 Å². The number of ketones is 1. The van der Waals surface area contributed by atoms with Crippen LogP contribution in [0.4, 0.5) is 0 Å². The van der Waals surface area contributed by atoms with E-state index in [1.165, 1.54) is 16.1 Å². The smallest absolute Gasteiger partial charge is 0.211 e. The number of fused-ring (bicyclic) bond motifs is 8. The summed E-state index contributed by atoms with van der Waals surface area (Å²) in [4.78, 5) is 14.0. The van der Waals surface area contributed by atoms with Gasteiger partial charge in [-0.3, -0.25) is 4.79 Å². The molecule has 8 heteroatoms. The number of sulfonamides is 1. The number of allylic oxidation sites excluding steroid dienone is 2. The van der Waals surface area contributed by atoms with Crippen molar-refractivity contribution in [1.29, 1.82) is 0 Å². The van der Waals surface area contributed by atoms with E-state index < -0.39 is 27.1 Å². The average Bonchev–Trinajstić information content (AvgIpc) is 3.20. The lowest BCUT2D eigenvalue weighted by Gasteiger charge is -2.45. The van der Waals surface area contributed by atoms with Gasteiger partial charge < -0.3 is 14.9 Å². The molecule has 0 aliphatic heterocycles. The van der Waals surface area contributed by atoms with Gasteiger partial charge >= 0.3 is 0 Å². The molecular formula is C34H47NO6S. The van der Waals surface area contributed by atoms with E-state index in [0.717, 1.165) is 17.5 Å². The van der Waals surface area contributed by atoms with Crippen LogP contribution in [0, 0.1) is 5.41 Å². The number of carbonyl (C=O) groups excluding carboxylic acids is 1. The van der Waals surface area contributed by atoms with E-state index in [1.807, 2.05) is 48.5 Å². The van der Waals surface area contributed by atoms with E-state index in [4.69, 9.17) is 4.74 Å². The first-order chi connectivity index (χ1) is 19.9. The van der Waals surface area contributed by atoms with E-state index in [0.29, 0.717) is 62.7 Å². The maximum Gasteiger partial charge on any atom is 0.211 e. The molecule has 1 saturated carbocycles. The Morgan fingerprint density at radius 2 is 1.86 bits per heavy atom. The third kappa shape index (κ3) is 7.22. The Balaban J connectivity index is 1.82. The standard InChI is InChI=1S/C34H47NO6S/c1-25-10-8-18-33(2)31(17-19-34(33,38)24-35(42(4,39)40)20-9-21-41-3)29-16-14-26(22-28(36)15-13-25)23-30(29)32(37)27-11-6-5-7-12-27/h5-7,10-12,14,16,23,28,31,36,38H,8-9,13,15,17-22,24H2,1-4H3. The molecule has 0 radical (unpaired) electrons. The van der Waals surface area contributed by atoms with Gasteiger partial charge in [-0.1, -0.05) is 61.0 Å². The number of ether oxygens (including phenoxy) is 1. The molecule has 5 rings (SSSR count). The van der Waals surface area contributed by atoms with E-state index in [2.05, 4.69) is 19.9 Å². The number of aliphatic hydroxyl groups is 2. The highest BCUT2D eigenvalue weighted by Crippen LogP contribution is 2.59. The Morgan fingerprint density at radius 1 is 1.12 bits per heavy atom. The fourth-order valence-corrected chi connectivity index (χ4v) is 7.89. The van der Waals surface area contributed by atoms with Crippen molar-refractivity contribution < 1.29 is 28.2 Å². The van der Waals surface area contributed by atoms with Crippen molar-refractivity contribution in [3.05, 3.63) is 82.4 Å². The maximum absolute atomic E-state index is 14.0. The molecule has 2 aromatic carbocycles. The van der Waals surface area contributed by atoms with Crippen molar-refractivity contribution in [2.75, 3.05) is 33.1 Å². The first-order valence-corrected chi connectivity index (χ1v) is 17.0. The summed E-state index contributed by atoms with van der Waals surface area (Å²) < 4.78 is 32.3. The van der Waals surface area contributed by atoms with E-state index >= 15 is 0 Å². The van der Waals surface area contributed by atoms with Crippen molar-refractivity contribution in [3.8, 4) is 0 Å². The van der Waals surface area contributed by atoms with Crippen LogP contribution in [-0.2, 0) is 21.2 Å². The molecule has 42 heavy (non-hydrogen) atoms. The minimum Gasteiger partial charge on any atom is -0.393 e.